The second-order valence-corrected chi connectivity index (χ2v) is 24.5. The van der Waals surface area contributed by atoms with E-state index in [2.05, 4.69) is 26.3 Å². The van der Waals surface area contributed by atoms with Crippen molar-refractivity contribution in [3.8, 4) is 0 Å². The zero-order valence-electron chi connectivity index (χ0n) is 11.8. The van der Waals surface area contributed by atoms with E-state index in [0.29, 0.717) is 0 Å². The van der Waals surface area contributed by atoms with E-state index in [0.717, 1.165) is 0 Å². The van der Waals surface area contributed by atoms with Gasteiger partial charge in [0.15, 0.2) is 0 Å². The van der Waals surface area contributed by atoms with Gasteiger partial charge in [-0.15, -0.1) is 0 Å². The molecule has 11 heteroatoms. The molecule has 0 aromatic rings. The Morgan fingerprint density at radius 2 is 1.00 bits per heavy atom. The molecule has 0 aromatic heterocycles. The minimum atomic E-state index is -4.42. The van der Waals surface area contributed by atoms with Gasteiger partial charge < -0.3 is 0 Å². The van der Waals surface area contributed by atoms with E-state index in [9.17, 15) is 9.59 Å². The quantitative estimate of drug-likeness (QED) is 0.278. The molecule has 0 bridgehead atoms. The predicted octanol–water partition coefficient (Wildman–Crippen LogP) is 3.48. The summed E-state index contributed by atoms with van der Waals surface area (Å²) in [4.78, 5) is 20.5. The molecule has 0 aliphatic heterocycles. The van der Waals surface area contributed by atoms with Gasteiger partial charge in [0.2, 0.25) is 0 Å². The molecular weight excluding hydrogens is 603 g/mol. The Kier molecular flexibility index (Phi) is 10.9. The van der Waals surface area contributed by atoms with Gasteiger partial charge >= 0.3 is 166 Å². The summed E-state index contributed by atoms with van der Waals surface area (Å²) in [5.74, 6) is -1.84. The third-order valence-corrected chi connectivity index (χ3v) is 26.5. The predicted molar refractivity (Wildman–Crippen MR) is 96.6 cm³/mol. The molecule has 5 nitrogen and oxygen atoms in total. The van der Waals surface area contributed by atoms with Crippen molar-refractivity contribution in [2.24, 2.45) is 0 Å². The van der Waals surface area contributed by atoms with E-state index in [1.165, 1.54) is 16.4 Å². The summed E-state index contributed by atoms with van der Waals surface area (Å²) in [6.07, 6.45) is 0. The van der Waals surface area contributed by atoms with Gasteiger partial charge in [-0.25, -0.2) is 0 Å². The van der Waals surface area contributed by atoms with Crippen LogP contribution in [0.5, 0.6) is 0 Å². The van der Waals surface area contributed by atoms with Crippen LogP contribution in [0.4, 0.5) is 0 Å². The summed E-state index contributed by atoms with van der Waals surface area (Å²) in [6, 6.07) is 0. The molecule has 0 aliphatic rings. The van der Waals surface area contributed by atoms with Crippen LogP contribution in [0.25, 0.3) is 0 Å². The first-order valence-electron chi connectivity index (χ1n) is 5.87. The molecule has 0 radical (unpaired) electrons. The number of hydrogen-bond acceptors (Lipinski definition) is 5. The summed E-state index contributed by atoms with van der Waals surface area (Å²) in [6.45, 7) is 14.4. The van der Waals surface area contributed by atoms with Crippen LogP contribution >= 0.6 is 46.4 Å². The third kappa shape index (κ3) is 7.17. The topological polar surface area (TPSA) is 61.8 Å². The first-order valence-corrected chi connectivity index (χ1v) is 18.9. The monoisotopic (exact) mass is 618 g/mol. The van der Waals surface area contributed by atoms with Gasteiger partial charge in [0, 0.05) is 0 Å². The summed E-state index contributed by atoms with van der Waals surface area (Å²) in [5.41, 5.74) is 0. The van der Waals surface area contributed by atoms with Crippen LogP contribution in [-0.4, -0.2) is 60.0 Å². The molecule has 0 amide bonds. The summed E-state index contributed by atoms with van der Waals surface area (Å²) in [7, 11) is 0. The average molecular weight is 617 g/mol. The Balaban J connectivity index is 5.63. The van der Waals surface area contributed by atoms with Crippen molar-refractivity contribution in [1.29, 1.82) is 0 Å². The van der Waals surface area contributed by atoms with Gasteiger partial charge in [-0.05, 0) is 0 Å². The molecule has 0 rings (SSSR count). The van der Waals surface area contributed by atoms with Crippen LogP contribution in [0.15, 0.2) is 42.7 Å². The van der Waals surface area contributed by atoms with Crippen molar-refractivity contribution in [1.82, 2.24) is 0 Å². The fourth-order valence-corrected chi connectivity index (χ4v) is 26.7. The number of rotatable bonds is 10. The van der Waals surface area contributed by atoms with E-state index in [-0.39, 0.29) is 0 Å². The molecule has 23 heavy (non-hydrogen) atoms. The third-order valence-electron chi connectivity index (χ3n) is 2.33. The first-order chi connectivity index (χ1) is 10.6. The molecule has 0 saturated heterocycles. The number of carbonyl (C=O) groups excluding carboxylic acids is 2. The van der Waals surface area contributed by atoms with Crippen LogP contribution in [0.1, 0.15) is 0 Å². The Bertz CT molecular complexity index is 450. The van der Waals surface area contributed by atoms with E-state index < -0.39 is 60.0 Å². The number of carbonyl (C=O) groups is 2. The molecule has 0 aromatic carbocycles. The molecule has 0 unspecified atom stereocenters. The summed E-state index contributed by atoms with van der Waals surface area (Å²) >= 11 is 13.0. The first kappa shape index (κ1) is 23.6. The molecule has 0 N–H and O–H groups in total. The van der Waals surface area contributed by atoms with Crippen molar-refractivity contribution in [2.75, 3.05) is 0 Å². The molecule has 0 aliphatic carbocycles. The molecule has 0 heterocycles. The van der Waals surface area contributed by atoms with Gasteiger partial charge in [-0.1, -0.05) is 0 Å². The average Bonchev–Trinajstić information content (AvgIpc) is 2.52. The molecule has 128 valence electrons. The molecule has 0 spiro atoms. The van der Waals surface area contributed by atoms with Gasteiger partial charge in [0.25, 0.3) is 0 Å². The zero-order valence-corrected chi connectivity index (χ0v) is 20.6. The van der Waals surface area contributed by atoms with Gasteiger partial charge in [-0.3, -0.25) is 0 Å². The van der Waals surface area contributed by atoms with E-state index in [1.807, 2.05) is 0 Å². The van der Waals surface area contributed by atoms with Crippen LogP contribution in [0.2, 0.25) is 0 Å². The van der Waals surface area contributed by atoms with Gasteiger partial charge in [0.1, 0.15) is 0 Å². The zero-order chi connectivity index (χ0) is 18.3. The van der Waals surface area contributed by atoms with Gasteiger partial charge in [-0.2, -0.15) is 0 Å². The molecular formula is C12H14Cl4O5Sn2. The maximum absolute atomic E-state index is 11.7. The fraction of sp³-hybridized carbons (Fsp3) is 0.167. The number of hydrogen-bond donors (Lipinski definition) is 0. The maximum atomic E-state index is 11.7. The second kappa shape index (κ2) is 10.6. The van der Waals surface area contributed by atoms with Crippen molar-refractivity contribution < 1.29 is 17.1 Å². The number of alkyl halides is 4. The van der Waals surface area contributed by atoms with Crippen LogP contribution in [0, 0.1) is 0 Å². The van der Waals surface area contributed by atoms with E-state index in [1.54, 1.807) is 0 Å². The molecule has 0 fully saturated rings. The fourth-order valence-electron chi connectivity index (χ4n) is 1.19. The second-order valence-electron chi connectivity index (χ2n) is 3.80. The van der Waals surface area contributed by atoms with Crippen molar-refractivity contribution in [2.45, 2.75) is 9.67 Å². The SMILES string of the molecule is C=[CH][Sn]([CH]=C)([O]C(=O)C(Cl)Cl)[O][Sn]([CH]=C)([CH]=C)[O]C(=O)C(Cl)Cl. The van der Waals surface area contributed by atoms with Gasteiger partial charge in [0.05, 0.1) is 0 Å². The Morgan fingerprint density at radius 3 is 1.17 bits per heavy atom. The van der Waals surface area contributed by atoms with Crippen molar-refractivity contribution >= 4 is 96.8 Å². The normalized spacial score (nSPS) is 11.7. The molecule has 0 atom stereocenters. The van der Waals surface area contributed by atoms with Crippen molar-refractivity contribution in [3.05, 3.63) is 42.7 Å². The van der Waals surface area contributed by atoms with Crippen molar-refractivity contribution in [3.63, 3.8) is 0 Å². The van der Waals surface area contributed by atoms with E-state index in [4.69, 9.17) is 54.0 Å². The standard InChI is InChI=1S/2C2H2Cl2O2.4C2H3.O.2Sn/c2*3-1(4)2(5)6;4*1-2;;;/h2*1H,(H,5,6);4*1H,2H2;;;/q;;;;;;;2*+1/p-2. The van der Waals surface area contributed by atoms with Crippen LogP contribution in [-0.2, 0) is 17.1 Å². The Morgan fingerprint density at radius 1 is 0.739 bits per heavy atom. The summed E-state index contributed by atoms with van der Waals surface area (Å²) in [5, 5.41) is 0. The van der Waals surface area contributed by atoms with E-state index >= 15 is 0 Å². The van der Waals surface area contributed by atoms with Crippen LogP contribution in [0.3, 0.4) is 0 Å². The Hall–Kier alpha value is 0.617. The Labute approximate surface area is 164 Å². The number of halogens is 4. The summed E-state index contributed by atoms with van der Waals surface area (Å²) < 4.78 is 21.7. The molecule has 0 saturated carbocycles. The van der Waals surface area contributed by atoms with Crippen LogP contribution < -0.4 is 0 Å². The minimum absolute atomic E-state index is 0.920.